The van der Waals surface area contributed by atoms with Crippen LogP contribution in [0, 0.1) is 6.92 Å². The molecule has 0 radical (unpaired) electrons. The van der Waals surface area contributed by atoms with Crippen LogP contribution in [0.5, 0.6) is 5.75 Å². The Hall–Kier alpha value is -2.07. The number of nitrogens with zero attached hydrogens (tertiary/aromatic N) is 2. The van der Waals surface area contributed by atoms with E-state index in [4.69, 9.17) is 9.26 Å². The Kier molecular flexibility index (Phi) is 5.48. The highest BCUT2D eigenvalue weighted by Crippen LogP contribution is 2.21. The van der Waals surface area contributed by atoms with E-state index in [-0.39, 0.29) is 0 Å². The van der Waals surface area contributed by atoms with Crippen LogP contribution < -0.4 is 4.74 Å². The zero-order valence-corrected chi connectivity index (χ0v) is 13.7. The Bertz CT molecular complexity index is 642. The van der Waals surface area contributed by atoms with Gasteiger partial charge in [-0.1, -0.05) is 29.8 Å². The summed E-state index contributed by atoms with van der Waals surface area (Å²) in [5, 5.41) is 3.89. The molecule has 0 bridgehead atoms. The van der Waals surface area contributed by atoms with Gasteiger partial charge in [-0.3, -0.25) is 4.90 Å². The molecular formula is C19H24N2O2. The number of aryl methyl sites for hydroxylation is 1. The number of piperidine rings is 1. The first-order valence-electron chi connectivity index (χ1n) is 8.37. The lowest BCUT2D eigenvalue weighted by Crippen LogP contribution is -2.33. The van der Waals surface area contributed by atoms with Gasteiger partial charge >= 0.3 is 0 Å². The molecule has 4 nitrogen and oxygen atoms in total. The van der Waals surface area contributed by atoms with Crippen LogP contribution in [0.25, 0.3) is 12.2 Å². The number of para-hydroxylation sites is 1. The van der Waals surface area contributed by atoms with Gasteiger partial charge in [0.15, 0.2) is 5.76 Å². The summed E-state index contributed by atoms with van der Waals surface area (Å²) in [4.78, 5) is 2.49. The molecular weight excluding hydrogens is 288 g/mol. The largest absolute Gasteiger partial charge is 0.492 e. The molecule has 0 atom stereocenters. The normalized spacial score (nSPS) is 16.0. The first kappa shape index (κ1) is 15.8. The fraction of sp³-hybridized carbons (Fsp3) is 0.421. The van der Waals surface area contributed by atoms with Gasteiger partial charge in [0, 0.05) is 18.2 Å². The van der Waals surface area contributed by atoms with Crippen LogP contribution in [-0.4, -0.2) is 36.3 Å². The molecule has 0 spiro atoms. The summed E-state index contributed by atoms with van der Waals surface area (Å²) in [5.74, 6) is 1.67. The molecule has 23 heavy (non-hydrogen) atoms. The number of rotatable bonds is 6. The average Bonchev–Trinajstić information content (AvgIpc) is 3.00. The molecule has 1 fully saturated rings. The number of likely N-dealkylation sites (tertiary alicyclic amines) is 1. The second-order valence-corrected chi connectivity index (χ2v) is 5.99. The molecule has 0 unspecified atom stereocenters. The fourth-order valence-electron chi connectivity index (χ4n) is 2.85. The van der Waals surface area contributed by atoms with Gasteiger partial charge in [-0.05, 0) is 51.1 Å². The number of hydrogen-bond acceptors (Lipinski definition) is 4. The van der Waals surface area contributed by atoms with Crippen LogP contribution in [0.3, 0.4) is 0 Å². The highest BCUT2D eigenvalue weighted by atomic mass is 16.5. The van der Waals surface area contributed by atoms with Crippen LogP contribution in [0.2, 0.25) is 0 Å². The van der Waals surface area contributed by atoms with Crippen molar-refractivity contribution in [1.82, 2.24) is 10.1 Å². The predicted molar refractivity (Wildman–Crippen MR) is 92.4 cm³/mol. The minimum absolute atomic E-state index is 0.728. The van der Waals surface area contributed by atoms with Gasteiger partial charge in [-0.15, -0.1) is 0 Å². The Morgan fingerprint density at radius 1 is 1.17 bits per heavy atom. The van der Waals surface area contributed by atoms with Gasteiger partial charge in [-0.25, -0.2) is 0 Å². The van der Waals surface area contributed by atoms with Gasteiger partial charge in [-0.2, -0.15) is 0 Å². The van der Waals surface area contributed by atoms with Crippen LogP contribution in [0.4, 0.5) is 0 Å². The summed E-state index contributed by atoms with van der Waals surface area (Å²) in [5.41, 5.74) is 1.94. The molecule has 2 heterocycles. The lowest BCUT2D eigenvalue weighted by Gasteiger charge is -2.26. The Morgan fingerprint density at radius 3 is 2.78 bits per heavy atom. The van der Waals surface area contributed by atoms with E-state index in [1.54, 1.807) is 0 Å². The fourth-order valence-corrected chi connectivity index (χ4v) is 2.85. The molecule has 122 valence electrons. The third-order valence-electron chi connectivity index (χ3n) is 4.11. The first-order valence-corrected chi connectivity index (χ1v) is 8.37. The van der Waals surface area contributed by atoms with E-state index in [0.717, 1.165) is 35.9 Å². The van der Waals surface area contributed by atoms with Gasteiger partial charge in [0.25, 0.3) is 0 Å². The summed E-state index contributed by atoms with van der Waals surface area (Å²) >= 11 is 0. The molecule has 1 aromatic heterocycles. The van der Waals surface area contributed by atoms with Crippen molar-refractivity contribution in [3.63, 3.8) is 0 Å². The lowest BCUT2D eigenvalue weighted by molar-refractivity contribution is 0.183. The van der Waals surface area contributed by atoms with Gasteiger partial charge in [0.05, 0.1) is 5.69 Å². The second-order valence-electron chi connectivity index (χ2n) is 5.99. The zero-order valence-electron chi connectivity index (χ0n) is 13.7. The van der Waals surface area contributed by atoms with E-state index in [9.17, 15) is 0 Å². The van der Waals surface area contributed by atoms with Crippen LogP contribution >= 0.6 is 0 Å². The van der Waals surface area contributed by atoms with Crippen molar-refractivity contribution in [2.75, 3.05) is 26.2 Å². The third-order valence-corrected chi connectivity index (χ3v) is 4.11. The third kappa shape index (κ3) is 4.70. The number of ether oxygens (including phenoxy) is 1. The molecule has 3 rings (SSSR count). The molecule has 2 aromatic rings. The smallest absolute Gasteiger partial charge is 0.159 e. The number of benzene rings is 1. The van der Waals surface area contributed by atoms with Crippen molar-refractivity contribution in [3.05, 3.63) is 47.3 Å². The molecule has 0 aliphatic carbocycles. The van der Waals surface area contributed by atoms with Gasteiger partial charge in [0.1, 0.15) is 12.4 Å². The first-order chi connectivity index (χ1) is 11.3. The Morgan fingerprint density at radius 2 is 2.00 bits per heavy atom. The van der Waals surface area contributed by atoms with Gasteiger partial charge < -0.3 is 9.26 Å². The van der Waals surface area contributed by atoms with E-state index >= 15 is 0 Å². The maximum Gasteiger partial charge on any atom is 0.159 e. The summed E-state index contributed by atoms with van der Waals surface area (Å²) in [6.45, 7) is 6.05. The maximum atomic E-state index is 5.99. The SMILES string of the molecule is Cc1cc(/C=C/c2ccccc2OCCN2CCCCC2)on1. The van der Waals surface area contributed by atoms with E-state index in [0.29, 0.717) is 0 Å². The minimum atomic E-state index is 0.728. The molecule has 0 amide bonds. The second kappa shape index (κ2) is 7.97. The summed E-state index contributed by atoms with van der Waals surface area (Å²) in [6, 6.07) is 10.0. The molecule has 1 aromatic carbocycles. The highest BCUT2D eigenvalue weighted by Gasteiger charge is 2.10. The summed E-state index contributed by atoms with van der Waals surface area (Å²) in [6.07, 6.45) is 7.93. The van der Waals surface area contributed by atoms with Gasteiger partial charge in [0.2, 0.25) is 0 Å². The Balaban J connectivity index is 1.57. The van der Waals surface area contributed by atoms with Crippen molar-refractivity contribution in [1.29, 1.82) is 0 Å². The van der Waals surface area contributed by atoms with Crippen molar-refractivity contribution in [3.8, 4) is 5.75 Å². The molecule has 0 N–H and O–H groups in total. The van der Waals surface area contributed by atoms with Crippen molar-refractivity contribution in [2.45, 2.75) is 26.2 Å². The van der Waals surface area contributed by atoms with Crippen LogP contribution in [0.1, 0.15) is 36.3 Å². The van der Waals surface area contributed by atoms with E-state index in [1.165, 1.54) is 32.4 Å². The maximum absolute atomic E-state index is 5.99. The number of hydrogen-bond donors (Lipinski definition) is 0. The minimum Gasteiger partial charge on any atom is -0.492 e. The van der Waals surface area contributed by atoms with Crippen LogP contribution in [0.15, 0.2) is 34.9 Å². The van der Waals surface area contributed by atoms with E-state index in [2.05, 4.69) is 16.1 Å². The molecule has 0 saturated carbocycles. The molecule has 1 aliphatic rings. The average molecular weight is 312 g/mol. The highest BCUT2D eigenvalue weighted by molar-refractivity contribution is 5.70. The van der Waals surface area contributed by atoms with Crippen molar-refractivity contribution in [2.24, 2.45) is 0 Å². The quantitative estimate of drug-likeness (QED) is 0.807. The van der Waals surface area contributed by atoms with Crippen molar-refractivity contribution >= 4 is 12.2 Å². The predicted octanol–water partition coefficient (Wildman–Crippen LogP) is 4.02. The topological polar surface area (TPSA) is 38.5 Å². The van der Waals surface area contributed by atoms with Crippen LogP contribution in [-0.2, 0) is 0 Å². The lowest BCUT2D eigenvalue weighted by atomic mass is 10.1. The zero-order chi connectivity index (χ0) is 15.9. The van der Waals surface area contributed by atoms with Crippen molar-refractivity contribution < 1.29 is 9.26 Å². The van der Waals surface area contributed by atoms with E-state index < -0.39 is 0 Å². The standard InChI is InChI=1S/C19H24N2O2/c1-16-15-18(23-20-16)10-9-17-7-3-4-8-19(17)22-14-13-21-11-5-2-6-12-21/h3-4,7-10,15H,2,5-6,11-14H2,1H3/b10-9+. The monoisotopic (exact) mass is 312 g/mol. The molecule has 1 aliphatic heterocycles. The molecule has 4 heteroatoms. The summed E-state index contributed by atoms with van der Waals surface area (Å²) in [7, 11) is 0. The van der Waals surface area contributed by atoms with E-state index in [1.807, 2.05) is 43.3 Å². The Labute approximate surface area is 137 Å². The molecule has 1 saturated heterocycles. The summed E-state index contributed by atoms with van der Waals surface area (Å²) < 4.78 is 11.2. The number of aromatic nitrogens is 1.